The second-order valence-electron chi connectivity index (χ2n) is 4.39. The first-order chi connectivity index (χ1) is 9.22. The highest BCUT2D eigenvalue weighted by molar-refractivity contribution is 7.98. The molecule has 1 nitrogen and oxygen atoms in total. The van der Waals surface area contributed by atoms with E-state index in [0.29, 0.717) is 6.04 Å². The maximum Gasteiger partial charge on any atom is 0.0511 e. The number of rotatable bonds is 5. The van der Waals surface area contributed by atoms with Gasteiger partial charge in [0.15, 0.2) is 0 Å². The maximum atomic E-state index is 5.93. The number of benzene rings is 2. The molecule has 0 amide bonds. The minimum absolute atomic E-state index is 0.317. The van der Waals surface area contributed by atoms with Crippen molar-refractivity contribution in [2.45, 2.75) is 24.3 Å². The Hall–Kier alpha value is -1.12. The summed E-state index contributed by atoms with van der Waals surface area (Å²) in [5.74, 6) is 0. The Balaban J connectivity index is 2.11. The van der Waals surface area contributed by atoms with Gasteiger partial charge in [-0.15, -0.1) is 11.8 Å². The molecular formula is C16H18ClNS. The van der Waals surface area contributed by atoms with Crippen molar-refractivity contribution in [2.24, 2.45) is 0 Å². The van der Waals surface area contributed by atoms with Gasteiger partial charge < -0.3 is 5.32 Å². The van der Waals surface area contributed by atoms with E-state index in [-0.39, 0.29) is 0 Å². The Kier molecular flexibility index (Phi) is 5.17. The normalized spacial score (nSPS) is 12.2. The zero-order valence-corrected chi connectivity index (χ0v) is 12.8. The molecule has 0 aliphatic rings. The zero-order chi connectivity index (χ0) is 13.7. The zero-order valence-electron chi connectivity index (χ0n) is 11.2. The van der Waals surface area contributed by atoms with Gasteiger partial charge in [-0.05, 0) is 54.6 Å². The minimum Gasteiger partial charge on any atom is -0.378 e. The minimum atomic E-state index is 0.317. The van der Waals surface area contributed by atoms with Crippen LogP contribution in [-0.4, -0.2) is 6.26 Å². The molecule has 0 bridgehead atoms. The van der Waals surface area contributed by atoms with E-state index in [2.05, 4.69) is 54.9 Å². The van der Waals surface area contributed by atoms with E-state index in [1.165, 1.54) is 10.5 Å². The number of thioether (sulfide) groups is 1. The highest BCUT2D eigenvalue weighted by atomic mass is 35.5. The molecule has 0 aliphatic heterocycles. The molecule has 0 radical (unpaired) electrons. The molecule has 1 unspecified atom stereocenters. The summed E-state index contributed by atoms with van der Waals surface area (Å²) in [5.41, 5.74) is 2.42. The third-order valence-electron chi connectivity index (χ3n) is 3.11. The lowest BCUT2D eigenvalue weighted by Gasteiger charge is -2.19. The molecule has 0 heterocycles. The second kappa shape index (κ2) is 6.88. The van der Waals surface area contributed by atoms with Gasteiger partial charge in [0.25, 0.3) is 0 Å². The highest BCUT2D eigenvalue weighted by Gasteiger charge is 2.08. The Morgan fingerprint density at radius 3 is 2.21 bits per heavy atom. The lowest BCUT2D eigenvalue weighted by Crippen LogP contribution is -2.09. The predicted molar refractivity (Wildman–Crippen MR) is 86.3 cm³/mol. The highest BCUT2D eigenvalue weighted by Crippen LogP contribution is 2.25. The van der Waals surface area contributed by atoms with E-state index in [0.717, 1.165) is 17.1 Å². The number of nitrogens with one attached hydrogen (secondary N) is 1. The summed E-state index contributed by atoms with van der Waals surface area (Å²) in [4.78, 5) is 1.28. The predicted octanol–water partition coefficient (Wildman–Crippen LogP) is 5.63. The molecule has 1 atom stereocenters. The lowest BCUT2D eigenvalue weighted by atomic mass is 10.0. The van der Waals surface area contributed by atoms with Gasteiger partial charge in [-0.1, -0.05) is 30.7 Å². The quantitative estimate of drug-likeness (QED) is 0.717. The van der Waals surface area contributed by atoms with E-state index < -0.39 is 0 Å². The van der Waals surface area contributed by atoms with Crippen LogP contribution in [0.25, 0.3) is 0 Å². The molecule has 0 aliphatic carbocycles. The molecule has 0 spiro atoms. The van der Waals surface area contributed by atoms with Gasteiger partial charge in [0.2, 0.25) is 0 Å². The third kappa shape index (κ3) is 3.92. The summed E-state index contributed by atoms with van der Waals surface area (Å²) in [6, 6.07) is 16.9. The van der Waals surface area contributed by atoms with Crippen molar-refractivity contribution >= 4 is 29.1 Å². The van der Waals surface area contributed by atoms with Crippen LogP contribution in [0.4, 0.5) is 5.69 Å². The number of hydrogen-bond donors (Lipinski definition) is 1. The van der Waals surface area contributed by atoms with Crippen LogP contribution in [0.15, 0.2) is 53.4 Å². The molecule has 2 aromatic rings. The van der Waals surface area contributed by atoms with E-state index >= 15 is 0 Å². The van der Waals surface area contributed by atoms with Crippen molar-refractivity contribution < 1.29 is 0 Å². The van der Waals surface area contributed by atoms with Crippen molar-refractivity contribution in [1.29, 1.82) is 0 Å². The first-order valence-electron chi connectivity index (χ1n) is 6.39. The summed E-state index contributed by atoms with van der Waals surface area (Å²) < 4.78 is 0. The third-order valence-corrected chi connectivity index (χ3v) is 4.11. The van der Waals surface area contributed by atoms with E-state index in [1.807, 2.05) is 12.1 Å². The van der Waals surface area contributed by atoms with Crippen LogP contribution in [0.3, 0.4) is 0 Å². The van der Waals surface area contributed by atoms with Crippen molar-refractivity contribution in [3.63, 3.8) is 0 Å². The lowest BCUT2D eigenvalue weighted by molar-refractivity contribution is 0.749. The van der Waals surface area contributed by atoms with Gasteiger partial charge >= 0.3 is 0 Å². The van der Waals surface area contributed by atoms with Crippen LogP contribution in [0.1, 0.15) is 24.9 Å². The van der Waals surface area contributed by atoms with Crippen molar-refractivity contribution in [1.82, 2.24) is 0 Å². The van der Waals surface area contributed by atoms with Crippen LogP contribution in [-0.2, 0) is 0 Å². The summed E-state index contributed by atoms with van der Waals surface area (Å²) in [6.07, 6.45) is 3.12. The van der Waals surface area contributed by atoms with Crippen molar-refractivity contribution in [2.75, 3.05) is 11.6 Å². The van der Waals surface area contributed by atoms with Gasteiger partial charge in [-0.25, -0.2) is 0 Å². The summed E-state index contributed by atoms with van der Waals surface area (Å²) in [6.45, 7) is 2.18. The van der Waals surface area contributed by atoms with Crippen molar-refractivity contribution in [3.8, 4) is 0 Å². The van der Waals surface area contributed by atoms with E-state index in [4.69, 9.17) is 11.6 Å². The average Bonchev–Trinajstić information content (AvgIpc) is 2.46. The summed E-state index contributed by atoms with van der Waals surface area (Å²) >= 11 is 7.69. The molecule has 0 saturated carbocycles. The van der Waals surface area contributed by atoms with Gasteiger partial charge in [0.05, 0.1) is 6.04 Å². The average molecular weight is 292 g/mol. The maximum absolute atomic E-state index is 5.93. The van der Waals surface area contributed by atoms with Crippen LogP contribution >= 0.6 is 23.4 Å². The molecule has 0 aromatic heterocycles. The van der Waals surface area contributed by atoms with Gasteiger partial charge in [-0.2, -0.15) is 0 Å². The molecule has 19 heavy (non-hydrogen) atoms. The monoisotopic (exact) mass is 291 g/mol. The Bertz CT molecular complexity index is 507. The van der Waals surface area contributed by atoms with Gasteiger partial charge in [-0.3, -0.25) is 0 Å². The first kappa shape index (κ1) is 14.3. The molecule has 100 valence electrons. The second-order valence-corrected chi connectivity index (χ2v) is 5.70. The summed E-state index contributed by atoms with van der Waals surface area (Å²) in [7, 11) is 0. The molecular weight excluding hydrogens is 274 g/mol. The summed E-state index contributed by atoms with van der Waals surface area (Å²) in [5, 5.41) is 4.34. The van der Waals surface area contributed by atoms with Crippen LogP contribution in [0.5, 0.6) is 0 Å². The molecule has 1 N–H and O–H groups in total. The standard InChI is InChI=1S/C16H18ClNS/c1-3-16(12-4-6-13(17)7-5-12)18-14-8-10-15(19-2)11-9-14/h4-11,16,18H,3H2,1-2H3. The van der Waals surface area contributed by atoms with E-state index in [9.17, 15) is 0 Å². The molecule has 2 rings (SSSR count). The topological polar surface area (TPSA) is 12.0 Å². The molecule has 0 saturated heterocycles. The molecule has 3 heteroatoms. The largest absolute Gasteiger partial charge is 0.378 e. The molecule has 2 aromatic carbocycles. The van der Waals surface area contributed by atoms with Crippen molar-refractivity contribution in [3.05, 3.63) is 59.1 Å². The Morgan fingerprint density at radius 1 is 1.05 bits per heavy atom. The first-order valence-corrected chi connectivity index (χ1v) is 7.99. The fourth-order valence-corrected chi connectivity index (χ4v) is 2.54. The number of halogens is 1. The smallest absolute Gasteiger partial charge is 0.0511 e. The van der Waals surface area contributed by atoms with Gasteiger partial charge in [0.1, 0.15) is 0 Å². The Labute approximate surface area is 124 Å². The van der Waals surface area contributed by atoms with Crippen LogP contribution in [0.2, 0.25) is 5.02 Å². The SMILES string of the molecule is CCC(Nc1ccc(SC)cc1)c1ccc(Cl)cc1. The number of hydrogen-bond acceptors (Lipinski definition) is 2. The van der Waals surface area contributed by atoms with Crippen LogP contribution in [0, 0.1) is 0 Å². The molecule has 0 fully saturated rings. The fraction of sp³-hybridized carbons (Fsp3) is 0.250. The van der Waals surface area contributed by atoms with Crippen LogP contribution < -0.4 is 5.32 Å². The van der Waals surface area contributed by atoms with Gasteiger partial charge in [0, 0.05) is 15.6 Å². The fourth-order valence-electron chi connectivity index (χ4n) is 2.00. The van der Waals surface area contributed by atoms with E-state index in [1.54, 1.807) is 11.8 Å². The number of anilines is 1. The Morgan fingerprint density at radius 2 is 1.68 bits per heavy atom.